The van der Waals surface area contributed by atoms with E-state index in [1.165, 1.54) is 21.1 Å². The Balaban J connectivity index is 0.000000391. The first-order chi connectivity index (χ1) is 12.9. The van der Waals surface area contributed by atoms with Gasteiger partial charge in [-0.25, -0.2) is 9.97 Å². The maximum Gasteiger partial charge on any atom is 0.265 e. The lowest BCUT2D eigenvalue weighted by Crippen LogP contribution is -2.15. The molecule has 0 aliphatic heterocycles. The number of thiazole rings is 2. The Morgan fingerprint density at radius 2 is 1.14 bits per heavy atom. The molecule has 0 aromatic carbocycles. The van der Waals surface area contributed by atoms with Crippen LogP contribution in [0.3, 0.4) is 0 Å². The van der Waals surface area contributed by atoms with Crippen molar-refractivity contribution in [3.8, 4) is 0 Å². The van der Waals surface area contributed by atoms with Crippen molar-refractivity contribution in [2.45, 2.75) is 26.7 Å². The number of nitrogens with zero attached hydrogens (tertiary/aromatic N) is 2. The fourth-order valence-corrected chi connectivity index (χ4v) is 6.08. The first-order valence-electron chi connectivity index (χ1n) is 7.69. The molecule has 2 heterocycles. The number of aromatic nitrogens is 2. The highest BCUT2D eigenvalue weighted by Crippen LogP contribution is 2.13. The van der Waals surface area contributed by atoms with Crippen molar-refractivity contribution >= 4 is 74.8 Å². The minimum absolute atomic E-state index is 0.980. The fourth-order valence-electron chi connectivity index (χ4n) is 1.51. The molecule has 0 saturated heterocycles. The topological polar surface area (TPSA) is 135 Å². The maximum absolute atomic E-state index is 9.86. The van der Waals surface area contributed by atoms with Crippen LogP contribution < -0.4 is 0 Å². The summed E-state index contributed by atoms with van der Waals surface area (Å²) in [6.07, 6.45) is 2.22. The quantitative estimate of drug-likeness (QED) is 0.363. The van der Waals surface area contributed by atoms with Crippen molar-refractivity contribution in [1.29, 1.82) is 0 Å². The Bertz CT molecular complexity index is 822. The largest absolute Gasteiger partial charge is 0.286 e. The van der Waals surface area contributed by atoms with Gasteiger partial charge in [0.2, 0.25) is 0 Å². The Hall–Kier alpha value is 0.0400. The van der Waals surface area contributed by atoms with Gasteiger partial charge in [0.1, 0.15) is 0 Å². The number of halogens is 2. The summed E-state index contributed by atoms with van der Waals surface area (Å²) in [5, 5.41) is 2.08. The van der Waals surface area contributed by atoms with Gasteiger partial charge >= 0.3 is 0 Å². The summed E-state index contributed by atoms with van der Waals surface area (Å²) in [6.45, 7) is 4.10. The van der Waals surface area contributed by atoms with E-state index < -0.39 is 31.7 Å². The van der Waals surface area contributed by atoms with Gasteiger partial charge in [-0.2, -0.15) is 16.8 Å². The minimum Gasteiger partial charge on any atom is -0.286 e. The molecule has 14 heteroatoms. The Morgan fingerprint density at radius 3 is 1.32 bits per heavy atom. The third-order valence-electron chi connectivity index (χ3n) is 2.93. The van der Waals surface area contributed by atoms with Gasteiger partial charge in [0.25, 0.3) is 20.2 Å². The van der Waals surface area contributed by atoms with Crippen molar-refractivity contribution in [3.05, 3.63) is 32.2 Å². The molecule has 0 saturated carbocycles. The zero-order valence-electron chi connectivity index (χ0n) is 15.2. The molecule has 2 aromatic rings. The van der Waals surface area contributed by atoms with E-state index in [1.807, 2.05) is 11.0 Å². The van der Waals surface area contributed by atoms with Gasteiger partial charge in [0.05, 0.1) is 33.9 Å². The van der Waals surface area contributed by atoms with Crippen LogP contribution in [-0.2, 0) is 33.1 Å². The van der Waals surface area contributed by atoms with Crippen molar-refractivity contribution in [2.75, 3.05) is 22.2 Å². The number of alkyl halides is 2. The highest BCUT2D eigenvalue weighted by molar-refractivity contribution is 9.09. The van der Waals surface area contributed by atoms with Crippen LogP contribution in [0.2, 0.25) is 0 Å². The molecule has 0 bridgehead atoms. The van der Waals surface area contributed by atoms with Gasteiger partial charge in [0, 0.05) is 20.4 Å². The zero-order chi connectivity index (χ0) is 21.8. The Kier molecular flexibility index (Phi) is 14.1. The van der Waals surface area contributed by atoms with Crippen LogP contribution in [0.4, 0.5) is 0 Å². The van der Waals surface area contributed by atoms with Crippen LogP contribution >= 0.6 is 54.5 Å². The summed E-state index contributed by atoms with van der Waals surface area (Å²) in [5.41, 5.74) is 6.15. The van der Waals surface area contributed by atoms with Crippen LogP contribution in [-0.4, -0.2) is 58.1 Å². The van der Waals surface area contributed by atoms with Crippen molar-refractivity contribution in [3.63, 3.8) is 0 Å². The lowest BCUT2D eigenvalue weighted by molar-refractivity contribution is 0.472. The molecule has 0 radical (unpaired) electrons. The predicted octanol–water partition coefficient (Wildman–Crippen LogP) is 3.54. The molecule has 0 aliphatic rings. The van der Waals surface area contributed by atoms with Crippen LogP contribution in [0.5, 0.6) is 0 Å². The zero-order valence-corrected chi connectivity index (χ0v) is 21.6. The molecule has 0 atom stereocenters. The van der Waals surface area contributed by atoms with E-state index >= 15 is 0 Å². The van der Waals surface area contributed by atoms with E-state index in [1.54, 1.807) is 22.7 Å². The molecule has 2 rings (SSSR count). The summed E-state index contributed by atoms with van der Waals surface area (Å²) in [5.74, 6) is -1.96. The summed E-state index contributed by atoms with van der Waals surface area (Å²) < 4.78 is 55.4. The van der Waals surface area contributed by atoms with Gasteiger partial charge in [-0.3, -0.25) is 9.11 Å². The third kappa shape index (κ3) is 15.0. The van der Waals surface area contributed by atoms with Crippen LogP contribution in [0.1, 0.15) is 21.1 Å². The lowest BCUT2D eigenvalue weighted by Gasteiger charge is -1.92. The van der Waals surface area contributed by atoms with E-state index in [0.717, 1.165) is 23.5 Å². The second kappa shape index (κ2) is 14.1. The number of hydrogen-bond donors (Lipinski definition) is 2. The summed E-state index contributed by atoms with van der Waals surface area (Å²) in [6, 6.07) is 0. The van der Waals surface area contributed by atoms with E-state index in [0.29, 0.717) is 0 Å². The molecule has 2 aromatic heterocycles. The number of hydrogen-bond acceptors (Lipinski definition) is 8. The van der Waals surface area contributed by atoms with E-state index in [4.69, 9.17) is 9.11 Å². The van der Waals surface area contributed by atoms with E-state index in [2.05, 4.69) is 55.7 Å². The van der Waals surface area contributed by atoms with E-state index in [-0.39, 0.29) is 0 Å². The second-order valence-corrected chi connectivity index (χ2v) is 11.8. The second-order valence-electron chi connectivity index (χ2n) is 5.17. The van der Waals surface area contributed by atoms with Crippen molar-refractivity contribution < 1.29 is 25.9 Å². The molecular weight excluding hydrogens is 580 g/mol. The molecule has 162 valence electrons. The SMILES string of the molecule is Cc1ncsc1CCBr.Cc1ncsc1CCBr.O=S(=O)(O)CCS(=O)(=O)O. The van der Waals surface area contributed by atoms with E-state index in [9.17, 15) is 16.8 Å². The number of aryl methyl sites for hydroxylation is 4. The first-order valence-corrected chi connectivity index (χ1v) is 14.9. The minimum atomic E-state index is -4.30. The van der Waals surface area contributed by atoms with Gasteiger partial charge in [-0.05, 0) is 26.7 Å². The monoisotopic (exact) mass is 600 g/mol. The smallest absolute Gasteiger partial charge is 0.265 e. The third-order valence-corrected chi connectivity index (χ3v) is 7.41. The van der Waals surface area contributed by atoms with Gasteiger partial charge in [-0.1, -0.05) is 31.9 Å². The van der Waals surface area contributed by atoms with Gasteiger partial charge in [-0.15, -0.1) is 22.7 Å². The molecule has 0 aliphatic carbocycles. The molecule has 0 unspecified atom stereocenters. The van der Waals surface area contributed by atoms with Gasteiger partial charge < -0.3 is 0 Å². The van der Waals surface area contributed by atoms with Gasteiger partial charge in [0.15, 0.2) is 0 Å². The molecule has 8 nitrogen and oxygen atoms in total. The molecule has 0 amide bonds. The molecule has 0 fully saturated rings. The molecular formula is C14H22Br2N2O6S4. The summed E-state index contributed by atoms with van der Waals surface area (Å²) in [4.78, 5) is 11.1. The Labute approximate surface area is 190 Å². The average Bonchev–Trinajstić information content (AvgIpc) is 3.16. The normalized spacial score (nSPS) is 11.2. The highest BCUT2D eigenvalue weighted by Gasteiger charge is 2.11. The standard InChI is InChI=1S/2C6H8BrNS.C2H6O6S2/c2*1-5-6(2-3-7)9-4-8-5;3-9(4,5)1-2-10(6,7)8/h2*4H,2-3H2,1H3;1-2H2,(H,3,4,5)(H,6,7,8). The fraction of sp³-hybridized carbons (Fsp3) is 0.571. The van der Waals surface area contributed by atoms with Crippen LogP contribution in [0, 0.1) is 13.8 Å². The summed E-state index contributed by atoms with van der Waals surface area (Å²) in [7, 11) is -8.59. The lowest BCUT2D eigenvalue weighted by atomic mass is 10.3. The number of rotatable bonds is 7. The highest BCUT2D eigenvalue weighted by atomic mass is 79.9. The molecule has 0 spiro atoms. The summed E-state index contributed by atoms with van der Waals surface area (Å²) >= 11 is 10.2. The van der Waals surface area contributed by atoms with Crippen LogP contribution in [0.15, 0.2) is 11.0 Å². The Morgan fingerprint density at radius 1 is 0.821 bits per heavy atom. The first kappa shape index (κ1) is 28.0. The molecule has 2 N–H and O–H groups in total. The average molecular weight is 602 g/mol. The predicted molar refractivity (Wildman–Crippen MR) is 122 cm³/mol. The van der Waals surface area contributed by atoms with Crippen LogP contribution in [0.25, 0.3) is 0 Å². The molecule has 28 heavy (non-hydrogen) atoms. The van der Waals surface area contributed by atoms with Crippen molar-refractivity contribution in [1.82, 2.24) is 9.97 Å². The maximum atomic E-state index is 9.86. The van der Waals surface area contributed by atoms with Crippen molar-refractivity contribution in [2.24, 2.45) is 0 Å².